The molecule has 0 aliphatic heterocycles. The van der Waals surface area contributed by atoms with Gasteiger partial charge in [-0.15, -0.1) is 0 Å². The van der Waals surface area contributed by atoms with E-state index in [9.17, 15) is 19.2 Å². The van der Waals surface area contributed by atoms with Crippen molar-refractivity contribution < 1.29 is 28.7 Å². The Bertz CT molecular complexity index is 1080. The van der Waals surface area contributed by atoms with Crippen LogP contribution in [0.25, 0.3) is 0 Å². The molecule has 208 valence electrons. The first-order valence-corrected chi connectivity index (χ1v) is 13.3. The molecule has 7 heteroatoms. The number of carbonyl (C=O) groups is 4. The lowest BCUT2D eigenvalue weighted by molar-refractivity contribution is -0.121. The number of hydrogen-bond acceptors (Lipinski definition) is 6. The maximum atomic E-state index is 12.6. The van der Waals surface area contributed by atoms with Crippen molar-refractivity contribution in [1.29, 1.82) is 0 Å². The lowest BCUT2D eigenvalue weighted by Gasteiger charge is -2.13. The summed E-state index contributed by atoms with van der Waals surface area (Å²) in [6.07, 6.45) is 2.57. The quantitative estimate of drug-likeness (QED) is 0.228. The second-order valence-electron chi connectivity index (χ2n) is 9.51. The number of Topliss-reactive ketones (excluding diaryl/α,β-unsaturated/α-hetero) is 3. The maximum Gasteiger partial charge on any atom is 0.255 e. The Hall–Kier alpha value is -3.32. The number of rotatable bonds is 14. The zero-order valence-corrected chi connectivity index (χ0v) is 23.9. The van der Waals surface area contributed by atoms with E-state index in [4.69, 9.17) is 9.47 Å². The van der Waals surface area contributed by atoms with Crippen LogP contribution >= 0.6 is 0 Å². The van der Waals surface area contributed by atoms with E-state index >= 15 is 0 Å². The number of amides is 1. The van der Waals surface area contributed by atoms with Crippen LogP contribution in [0.5, 0.6) is 5.75 Å². The molecule has 0 heterocycles. The van der Waals surface area contributed by atoms with Crippen molar-refractivity contribution in [3.63, 3.8) is 0 Å². The van der Waals surface area contributed by atoms with Gasteiger partial charge in [0, 0.05) is 48.6 Å². The molecule has 0 spiro atoms. The minimum atomic E-state index is -0.225. The topological polar surface area (TPSA) is 98.8 Å². The summed E-state index contributed by atoms with van der Waals surface area (Å²) in [6, 6.07) is 12.4. The number of methoxy groups -OCH3 is 1. The molecule has 0 saturated heterocycles. The predicted octanol–water partition coefficient (Wildman–Crippen LogP) is 6.34. The van der Waals surface area contributed by atoms with E-state index in [2.05, 4.69) is 5.32 Å². The third kappa shape index (κ3) is 11.4. The van der Waals surface area contributed by atoms with Crippen LogP contribution in [0.3, 0.4) is 0 Å². The van der Waals surface area contributed by atoms with Crippen LogP contribution < -0.4 is 10.1 Å². The predicted molar refractivity (Wildman–Crippen MR) is 151 cm³/mol. The second-order valence-corrected chi connectivity index (χ2v) is 9.51. The minimum Gasteiger partial charge on any atom is -0.491 e. The van der Waals surface area contributed by atoms with Gasteiger partial charge in [-0.25, -0.2) is 0 Å². The largest absolute Gasteiger partial charge is 0.491 e. The highest BCUT2D eigenvalue weighted by Gasteiger charge is 2.15. The van der Waals surface area contributed by atoms with Crippen molar-refractivity contribution in [2.24, 2.45) is 11.8 Å². The van der Waals surface area contributed by atoms with Crippen LogP contribution in [0.15, 0.2) is 42.5 Å². The zero-order chi connectivity index (χ0) is 28.7. The molecule has 1 unspecified atom stereocenters. The van der Waals surface area contributed by atoms with Gasteiger partial charge in [0.15, 0.2) is 5.78 Å². The Balaban J connectivity index is 0.000000554. The molecular weight excluding hydrogens is 482 g/mol. The van der Waals surface area contributed by atoms with E-state index in [0.717, 1.165) is 17.5 Å². The van der Waals surface area contributed by atoms with Crippen molar-refractivity contribution in [3.05, 3.63) is 59.2 Å². The summed E-state index contributed by atoms with van der Waals surface area (Å²) < 4.78 is 10.5. The summed E-state index contributed by atoms with van der Waals surface area (Å²) in [6.45, 7) is 12.0. The molecule has 1 amide bonds. The fraction of sp³-hybridized carbons (Fsp3) is 0.484. The van der Waals surface area contributed by atoms with Gasteiger partial charge >= 0.3 is 0 Å². The van der Waals surface area contributed by atoms with Crippen LogP contribution in [-0.2, 0) is 20.7 Å². The van der Waals surface area contributed by atoms with Gasteiger partial charge in [0.25, 0.3) is 5.91 Å². The molecule has 7 nitrogen and oxygen atoms in total. The average molecular weight is 526 g/mol. The van der Waals surface area contributed by atoms with Gasteiger partial charge in [-0.05, 0) is 61.7 Å². The molecule has 0 aromatic heterocycles. The fourth-order valence-corrected chi connectivity index (χ4v) is 3.45. The first-order chi connectivity index (χ1) is 18.0. The van der Waals surface area contributed by atoms with E-state index in [0.29, 0.717) is 49.5 Å². The number of hydrogen-bond donors (Lipinski definition) is 1. The third-order valence-electron chi connectivity index (χ3n) is 6.13. The third-order valence-corrected chi connectivity index (χ3v) is 6.13. The molecule has 0 radical (unpaired) electrons. The molecule has 0 saturated carbocycles. The molecular formula is C31H43NO6. The summed E-state index contributed by atoms with van der Waals surface area (Å²) in [5.41, 5.74) is 2.83. The standard InChI is InChI=1S/C22H27NO4.C9H16O2/c1-5-16-13-18(9-10-20(16)21(24)15(2)3)23-22(25)17-7-6-8-19(14-17)27-12-11-26-4;1-4-9(11)6-5-7(2)8(3)10/h6-10,13-15H,5,11-12H2,1-4H3,(H,23,25);7H,4-6H2,1-3H3. The molecule has 0 aliphatic carbocycles. The summed E-state index contributed by atoms with van der Waals surface area (Å²) in [7, 11) is 1.61. The highest BCUT2D eigenvalue weighted by molar-refractivity contribution is 6.05. The van der Waals surface area contributed by atoms with Crippen LogP contribution in [0, 0.1) is 11.8 Å². The van der Waals surface area contributed by atoms with Crippen LogP contribution in [0.4, 0.5) is 5.69 Å². The van der Waals surface area contributed by atoms with Crippen molar-refractivity contribution in [1.82, 2.24) is 0 Å². The van der Waals surface area contributed by atoms with E-state index < -0.39 is 0 Å². The van der Waals surface area contributed by atoms with Gasteiger partial charge in [-0.1, -0.05) is 40.7 Å². The van der Waals surface area contributed by atoms with Gasteiger partial charge in [-0.2, -0.15) is 0 Å². The number of anilines is 1. The van der Waals surface area contributed by atoms with Crippen molar-refractivity contribution >= 4 is 28.9 Å². The van der Waals surface area contributed by atoms with Crippen LogP contribution in [0.1, 0.15) is 87.1 Å². The molecule has 1 atom stereocenters. The SMILES string of the molecule is CCC(=O)CCC(C)C(C)=O.CCc1cc(NC(=O)c2cccc(OCCOC)c2)ccc1C(=O)C(C)C. The molecule has 0 fully saturated rings. The molecule has 1 N–H and O–H groups in total. The Labute approximate surface area is 227 Å². The highest BCUT2D eigenvalue weighted by Crippen LogP contribution is 2.21. The summed E-state index contributed by atoms with van der Waals surface area (Å²) in [4.78, 5) is 46.4. The van der Waals surface area contributed by atoms with Gasteiger partial charge < -0.3 is 14.8 Å². The number of aryl methyl sites for hydroxylation is 1. The van der Waals surface area contributed by atoms with Gasteiger partial charge in [0.05, 0.1) is 6.61 Å². The zero-order valence-electron chi connectivity index (χ0n) is 23.9. The van der Waals surface area contributed by atoms with Crippen molar-refractivity contribution in [3.8, 4) is 5.75 Å². The van der Waals surface area contributed by atoms with E-state index in [1.54, 1.807) is 50.4 Å². The normalized spacial score (nSPS) is 11.3. The van der Waals surface area contributed by atoms with Crippen molar-refractivity contribution in [2.75, 3.05) is 25.6 Å². The molecule has 2 aromatic rings. The van der Waals surface area contributed by atoms with Gasteiger partial charge in [0.2, 0.25) is 0 Å². The molecule has 38 heavy (non-hydrogen) atoms. The maximum absolute atomic E-state index is 12.6. The van der Waals surface area contributed by atoms with Crippen molar-refractivity contribution in [2.45, 2.75) is 67.2 Å². The number of benzene rings is 2. The lowest BCUT2D eigenvalue weighted by atomic mass is 9.94. The summed E-state index contributed by atoms with van der Waals surface area (Å²) in [5, 5.41) is 2.89. The van der Waals surface area contributed by atoms with Gasteiger partial charge in [0.1, 0.15) is 23.9 Å². The average Bonchev–Trinajstić information content (AvgIpc) is 2.91. The highest BCUT2D eigenvalue weighted by atomic mass is 16.5. The number of ether oxygens (including phenoxy) is 2. The van der Waals surface area contributed by atoms with Crippen LogP contribution in [0.2, 0.25) is 0 Å². The Morgan fingerprint density at radius 3 is 2.24 bits per heavy atom. The Morgan fingerprint density at radius 2 is 1.66 bits per heavy atom. The van der Waals surface area contributed by atoms with E-state index in [1.807, 2.05) is 40.7 Å². The smallest absolute Gasteiger partial charge is 0.255 e. The monoisotopic (exact) mass is 525 g/mol. The summed E-state index contributed by atoms with van der Waals surface area (Å²) in [5.74, 6) is 0.920. The number of carbonyl (C=O) groups excluding carboxylic acids is 4. The Morgan fingerprint density at radius 1 is 0.947 bits per heavy atom. The van der Waals surface area contributed by atoms with E-state index in [1.165, 1.54) is 0 Å². The molecule has 2 aromatic carbocycles. The number of nitrogens with one attached hydrogen (secondary N) is 1. The lowest BCUT2D eigenvalue weighted by Crippen LogP contribution is -2.14. The first-order valence-electron chi connectivity index (χ1n) is 13.3. The number of ketones is 3. The molecule has 0 bridgehead atoms. The second kappa shape index (κ2) is 17.2. The van der Waals surface area contributed by atoms with Gasteiger partial charge in [-0.3, -0.25) is 19.2 Å². The van der Waals surface area contributed by atoms with Crippen LogP contribution in [-0.4, -0.2) is 43.6 Å². The first kappa shape index (κ1) is 32.7. The molecule has 2 rings (SSSR count). The van der Waals surface area contributed by atoms with E-state index in [-0.39, 0.29) is 35.1 Å². The summed E-state index contributed by atoms with van der Waals surface area (Å²) >= 11 is 0. The molecule has 0 aliphatic rings. The Kier molecular flexibility index (Phi) is 14.8. The fourth-order valence-electron chi connectivity index (χ4n) is 3.45. The minimum absolute atomic E-state index is 0.0468.